The molecule has 0 spiro atoms. The van der Waals surface area contributed by atoms with Gasteiger partial charge < -0.3 is 10.1 Å². The molecule has 11 heteroatoms. The minimum atomic E-state index is -4.53. The Kier molecular flexibility index (Phi) is 6.58. The molecule has 2 rings (SSSR count). The number of carbonyl (C=O) groups is 1. The minimum absolute atomic E-state index is 0.0298. The Labute approximate surface area is 164 Å². The average Bonchev–Trinajstić information content (AvgIpc) is 2.61. The van der Waals surface area contributed by atoms with Gasteiger partial charge in [0.1, 0.15) is 5.75 Å². The molecule has 1 amide bonds. The average molecular weight is 437 g/mol. The van der Waals surface area contributed by atoms with Crippen LogP contribution in [0, 0.1) is 0 Å². The van der Waals surface area contributed by atoms with Gasteiger partial charge in [-0.2, -0.15) is 13.2 Å². The highest BCUT2D eigenvalue weighted by atomic mass is 35.5. The van der Waals surface area contributed by atoms with Crippen LogP contribution < -0.4 is 10.1 Å². The highest BCUT2D eigenvalue weighted by molar-refractivity contribution is 7.89. The van der Waals surface area contributed by atoms with Gasteiger partial charge in [-0.25, -0.2) is 12.7 Å². The van der Waals surface area contributed by atoms with Gasteiger partial charge in [0.15, 0.2) is 6.61 Å². The summed E-state index contributed by atoms with van der Waals surface area (Å²) in [6.45, 7) is -0.595. The highest BCUT2D eigenvalue weighted by Crippen LogP contribution is 2.31. The molecule has 0 aromatic heterocycles. The van der Waals surface area contributed by atoms with E-state index in [-0.39, 0.29) is 21.4 Å². The molecule has 0 aliphatic rings. The smallest absolute Gasteiger partial charge is 0.416 e. The van der Waals surface area contributed by atoms with E-state index >= 15 is 0 Å². The van der Waals surface area contributed by atoms with Gasteiger partial charge in [0.05, 0.1) is 21.2 Å². The number of nitrogens with zero attached hydrogens (tertiary/aromatic N) is 1. The van der Waals surface area contributed by atoms with Crippen LogP contribution in [0.4, 0.5) is 18.9 Å². The molecule has 0 saturated carbocycles. The summed E-state index contributed by atoms with van der Waals surface area (Å²) in [5.41, 5.74) is -0.878. The van der Waals surface area contributed by atoms with Crippen LogP contribution in [0.5, 0.6) is 5.75 Å². The molecule has 0 aliphatic heterocycles. The van der Waals surface area contributed by atoms with E-state index in [1.54, 1.807) is 0 Å². The van der Waals surface area contributed by atoms with Crippen molar-refractivity contribution in [2.45, 2.75) is 11.1 Å². The lowest BCUT2D eigenvalue weighted by molar-refractivity contribution is -0.137. The van der Waals surface area contributed by atoms with Crippen molar-refractivity contribution in [2.75, 3.05) is 26.0 Å². The first kappa shape index (κ1) is 22.0. The number of halogens is 4. The molecule has 0 bridgehead atoms. The first-order valence-corrected chi connectivity index (χ1v) is 9.55. The van der Waals surface area contributed by atoms with Gasteiger partial charge in [0, 0.05) is 14.1 Å². The van der Waals surface area contributed by atoms with Gasteiger partial charge >= 0.3 is 6.18 Å². The van der Waals surface area contributed by atoms with E-state index in [0.29, 0.717) is 0 Å². The first-order valence-electron chi connectivity index (χ1n) is 7.73. The van der Waals surface area contributed by atoms with Crippen molar-refractivity contribution in [3.8, 4) is 5.75 Å². The van der Waals surface area contributed by atoms with E-state index in [1.165, 1.54) is 38.4 Å². The summed E-state index contributed by atoms with van der Waals surface area (Å²) in [5, 5.41) is 2.46. The minimum Gasteiger partial charge on any atom is -0.484 e. The zero-order valence-corrected chi connectivity index (χ0v) is 16.3. The Balaban J connectivity index is 2.10. The van der Waals surface area contributed by atoms with Crippen molar-refractivity contribution in [3.05, 3.63) is 53.1 Å². The van der Waals surface area contributed by atoms with Crippen LogP contribution in [0.15, 0.2) is 47.4 Å². The highest BCUT2D eigenvalue weighted by Gasteiger charge is 2.30. The van der Waals surface area contributed by atoms with Crippen molar-refractivity contribution in [3.63, 3.8) is 0 Å². The molecule has 0 heterocycles. The van der Waals surface area contributed by atoms with Gasteiger partial charge in [-0.05, 0) is 36.4 Å². The number of anilines is 1. The zero-order valence-electron chi connectivity index (χ0n) is 14.7. The predicted octanol–water partition coefficient (Wildman–Crippen LogP) is 3.63. The molecule has 0 fully saturated rings. The Morgan fingerprint density at radius 3 is 2.46 bits per heavy atom. The molecular weight excluding hydrogens is 421 g/mol. The maximum atomic E-state index is 12.7. The van der Waals surface area contributed by atoms with Crippen LogP contribution in [0.1, 0.15) is 5.56 Å². The summed E-state index contributed by atoms with van der Waals surface area (Å²) < 4.78 is 68.4. The first-order chi connectivity index (χ1) is 12.9. The summed E-state index contributed by atoms with van der Waals surface area (Å²) in [6, 6.07) is 7.85. The van der Waals surface area contributed by atoms with Crippen molar-refractivity contribution >= 4 is 33.2 Å². The quantitative estimate of drug-likeness (QED) is 0.750. The molecule has 0 radical (unpaired) electrons. The third-order valence-electron chi connectivity index (χ3n) is 3.52. The van der Waals surface area contributed by atoms with Crippen molar-refractivity contribution in [1.82, 2.24) is 4.31 Å². The van der Waals surface area contributed by atoms with Gasteiger partial charge in [-0.15, -0.1) is 0 Å². The number of alkyl halides is 3. The monoisotopic (exact) mass is 436 g/mol. The normalized spacial score (nSPS) is 12.1. The second-order valence-corrected chi connectivity index (χ2v) is 8.35. The molecule has 28 heavy (non-hydrogen) atoms. The summed E-state index contributed by atoms with van der Waals surface area (Å²) in [4.78, 5) is 12.0. The predicted molar refractivity (Wildman–Crippen MR) is 97.9 cm³/mol. The van der Waals surface area contributed by atoms with Crippen LogP contribution in [0.2, 0.25) is 5.02 Å². The van der Waals surface area contributed by atoms with Crippen LogP contribution in [0.3, 0.4) is 0 Å². The number of hydrogen-bond donors (Lipinski definition) is 1. The molecule has 1 N–H and O–H groups in total. The Hall–Kier alpha value is -2.30. The maximum absolute atomic E-state index is 12.7. The number of sulfonamides is 1. The summed E-state index contributed by atoms with van der Waals surface area (Å²) in [6.07, 6.45) is -4.53. The number of nitrogens with one attached hydrogen (secondary N) is 1. The summed E-state index contributed by atoms with van der Waals surface area (Å²) in [5.74, 6) is -0.862. The van der Waals surface area contributed by atoms with E-state index in [4.69, 9.17) is 16.3 Å². The molecule has 0 aliphatic carbocycles. The topological polar surface area (TPSA) is 75.7 Å². The standard InChI is InChI=1S/C17H16ClF3N2O4S/c1-23(2)28(25,26)13-6-7-14(18)15(9-13)22-16(24)10-27-12-5-3-4-11(8-12)17(19,20)21/h3-9H,10H2,1-2H3,(H,22,24). The van der Waals surface area contributed by atoms with Crippen LogP contribution in [-0.2, 0) is 21.0 Å². The molecule has 0 saturated heterocycles. The number of benzene rings is 2. The molecule has 152 valence electrons. The SMILES string of the molecule is CN(C)S(=O)(=O)c1ccc(Cl)c(NC(=O)COc2cccc(C(F)(F)F)c2)c1. The lowest BCUT2D eigenvalue weighted by Gasteiger charge is -2.14. The lowest BCUT2D eigenvalue weighted by atomic mass is 10.2. The number of rotatable bonds is 6. The second kappa shape index (κ2) is 8.38. The molecule has 0 unspecified atom stereocenters. The van der Waals surface area contributed by atoms with Gasteiger partial charge in [-0.1, -0.05) is 17.7 Å². The van der Waals surface area contributed by atoms with E-state index in [9.17, 15) is 26.4 Å². The third kappa shape index (κ3) is 5.37. The van der Waals surface area contributed by atoms with Crippen LogP contribution >= 0.6 is 11.6 Å². The fourth-order valence-electron chi connectivity index (χ4n) is 2.07. The largest absolute Gasteiger partial charge is 0.484 e. The number of carbonyl (C=O) groups excluding carboxylic acids is 1. The van der Waals surface area contributed by atoms with E-state index in [2.05, 4.69) is 5.32 Å². The maximum Gasteiger partial charge on any atom is 0.416 e. The van der Waals surface area contributed by atoms with E-state index < -0.39 is 34.3 Å². The molecule has 2 aromatic carbocycles. The third-order valence-corrected chi connectivity index (χ3v) is 5.66. The molecule has 2 aromatic rings. The molecular formula is C17H16ClF3N2O4S. The van der Waals surface area contributed by atoms with Crippen molar-refractivity contribution in [2.24, 2.45) is 0 Å². The van der Waals surface area contributed by atoms with Gasteiger partial charge in [-0.3, -0.25) is 4.79 Å². The van der Waals surface area contributed by atoms with Gasteiger partial charge in [0.2, 0.25) is 10.0 Å². The van der Waals surface area contributed by atoms with E-state index in [0.717, 1.165) is 22.5 Å². The molecule has 6 nitrogen and oxygen atoms in total. The lowest BCUT2D eigenvalue weighted by Crippen LogP contribution is -2.23. The Bertz CT molecular complexity index is 979. The summed E-state index contributed by atoms with van der Waals surface area (Å²) >= 11 is 5.97. The fourth-order valence-corrected chi connectivity index (χ4v) is 3.16. The number of hydrogen-bond acceptors (Lipinski definition) is 4. The van der Waals surface area contributed by atoms with E-state index in [1.807, 2.05) is 0 Å². The van der Waals surface area contributed by atoms with Crippen molar-refractivity contribution in [1.29, 1.82) is 0 Å². The van der Waals surface area contributed by atoms with Crippen LogP contribution in [0.25, 0.3) is 0 Å². The van der Waals surface area contributed by atoms with Crippen LogP contribution in [-0.4, -0.2) is 39.3 Å². The van der Waals surface area contributed by atoms with Crippen molar-refractivity contribution < 1.29 is 31.1 Å². The number of ether oxygens (including phenoxy) is 1. The Morgan fingerprint density at radius 2 is 1.86 bits per heavy atom. The fraction of sp³-hybridized carbons (Fsp3) is 0.235. The zero-order chi connectivity index (χ0) is 21.1. The Morgan fingerprint density at radius 1 is 1.18 bits per heavy atom. The second-order valence-electron chi connectivity index (χ2n) is 5.79. The summed E-state index contributed by atoms with van der Waals surface area (Å²) in [7, 11) is -1.04. The number of amides is 1. The van der Waals surface area contributed by atoms with Gasteiger partial charge in [0.25, 0.3) is 5.91 Å². The molecule has 0 atom stereocenters.